The molecule has 1 aromatic heterocycles. The molecule has 2 atom stereocenters. The Morgan fingerprint density at radius 1 is 1.75 bits per heavy atom. The number of imidazole rings is 1. The zero-order valence-corrected chi connectivity index (χ0v) is 6.88. The summed E-state index contributed by atoms with van der Waals surface area (Å²) in [5.74, 6) is 0. The summed E-state index contributed by atoms with van der Waals surface area (Å²) < 4.78 is 1.67. The standard InChI is InChI=1S/C7H13N3O2/c1-10-4-9-2-6(10)7(12)5(8)3-11/h2,4-5,7,11-12H,3,8H2,1H3. The lowest BCUT2D eigenvalue weighted by atomic mass is 10.1. The minimum absolute atomic E-state index is 0.244. The first-order valence-electron chi connectivity index (χ1n) is 3.67. The zero-order valence-electron chi connectivity index (χ0n) is 6.88. The van der Waals surface area contributed by atoms with Gasteiger partial charge in [0, 0.05) is 7.05 Å². The Labute approximate surface area is 70.5 Å². The molecular weight excluding hydrogens is 158 g/mol. The average molecular weight is 171 g/mol. The quantitative estimate of drug-likeness (QED) is 0.532. The second-order valence-electron chi connectivity index (χ2n) is 2.72. The summed E-state index contributed by atoms with van der Waals surface area (Å²) in [7, 11) is 1.76. The van der Waals surface area contributed by atoms with Crippen LogP contribution in [0.5, 0.6) is 0 Å². The molecule has 0 bridgehead atoms. The van der Waals surface area contributed by atoms with E-state index in [1.165, 1.54) is 6.20 Å². The van der Waals surface area contributed by atoms with Crippen LogP contribution >= 0.6 is 0 Å². The molecule has 68 valence electrons. The van der Waals surface area contributed by atoms with Crippen molar-refractivity contribution in [1.82, 2.24) is 9.55 Å². The third-order valence-electron chi connectivity index (χ3n) is 1.77. The van der Waals surface area contributed by atoms with Crippen molar-refractivity contribution in [3.8, 4) is 0 Å². The van der Waals surface area contributed by atoms with Crippen LogP contribution in [0.1, 0.15) is 11.8 Å². The maximum absolute atomic E-state index is 9.51. The maximum atomic E-state index is 9.51. The van der Waals surface area contributed by atoms with Gasteiger partial charge in [0.25, 0.3) is 0 Å². The Hall–Kier alpha value is -0.910. The lowest BCUT2D eigenvalue weighted by molar-refractivity contribution is 0.104. The van der Waals surface area contributed by atoms with Crippen LogP contribution in [0, 0.1) is 0 Å². The van der Waals surface area contributed by atoms with E-state index in [-0.39, 0.29) is 6.61 Å². The third-order valence-corrected chi connectivity index (χ3v) is 1.77. The number of aryl methyl sites for hydroxylation is 1. The number of rotatable bonds is 3. The van der Waals surface area contributed by atoms with Gasteiger partial charge in [-0.15, -0.1) is 0 Å². The van der Waals surface area contributed by atoms with Gasteiger partial charge in [-0.3, -0.25) is 0 Å². The molecule has 0 saturated carbocycles. The van der Waals surface area contributed by atoms with Crippen molar-refractivity contribution in [2.24, 2.45) is 12.8 Å². The Morgan fingerprint density at radius 3 is 2.83 bits per heavy atom. The monoisotopic (exact) mass is 171 g/mol. The summed E-state index contributed by atoms with van der Waals surface area (Å²) in [5.41, 5.74) is 6.04. The second kappa shape index (κ2) is 3.66. The van der Waals surface area contributed by atoms with Gasteiger partial charge in [-0.25, -0.2) is 4.98 Å². The summed E-state index contributed by atoms with van der Waals surface area (Å²) in [6.45, 7) is -0.244. The highest BCUT2D eigenvalue weighted by Gasteiger charge is 2.18. The van der Waals surface area contributed by atoms with Crippen LogP contribution in [-0.4, -0.2) is 32.4 Å². The van der Waals surface area contributed by atoms with Crippen molar-refractivity contribution in [2.75, 3.05) is 6.61 Å². The molecule has 0 aliphatic carbocycles. The van der Waals surface area contributed by atoms with Crippen LogP contribution in [0.2, 0.25) is 0 Å². The molecule has 1 aromatic rings. The number of aromatic nitrogens is 2. The van der Waals surface area contributed by atoms with Crippen LogP contribution in [0.3, 0.4) is 0 Å². The Bertz CT molecular complexity index is 249. The number of hydrogen-bond acceptors (Lipinski definition) is 4. The maximum Gasteiger partial charge on any atom is 0.113 e. The first kappa shape index (κ1) is 9.18. The Kier molecular flexibility index (Phi) is 2.80. The van der Waals surface area contributed by atoms with E-state index < -0.39 is 12.1 Å². The van der Waals surface area contributed by atoms with Gasteiger partial charge in [0.15, 0.2) is 0 Å². The molecule has 0 spiro atoms. The predicted molar refractivity (Wildman–Crippen MR) is 43.2 cm³/mol. The number of nitrogens with two attached hydrogens (primary N) is 1. The van der Waals surface area contributed by atoms with E-state index >= 15 is 0 Å². The number of aliphatic hydroxyl groups is 2. The van der Waals surface area contributed by atoms with Gasteiger partial charge >= 0.3 is 0 Å². The van der Waals surface area contributed by atoms with Crippen LogP contribution in [-0.2, 0) is 7.05 Å². The first-order chi connectivity index (χ1) is 5.66. The summed E-state index contributed by atoms with van der Waals surface area (Å²) in [6, 6.07) is -0.652. The van der Waals surface area contributed by atoms with Crippen molar-refractivity contribution in [3.05, 3.63) is 18.2 Å². The fourth-order valence-corrected chi connectivity index (χ4v) is 0.972. The SMILES string of the molecule is Cn1cncc1C(O)C(N)CO. The molecule has 0 aliphatic rings. The lowest BCUT2D eigenvalue weighted by Crippen LogP contribution is -2.32. The van der Waals surface area contributed by atoms with Crippen molar-refractivity contribution < 1.29 is 10.2 Å². The van der Waals surface area contributed by atoms with Crippen LogP contribution in [0.15, 0.2) is 12.5 Å². The summed E-state index contributed by atoms with van der Waals surface area (Å²) in [6.07, 6.45) is 2.24. The van der Waals surface area contributed by atoms with Gasteiger partial charge in [0.05, 0.1) is 30.9 Å². The summed E-state index contributed by atoms with van der Waals surface area (Å²) in [5, 5.41) is 18.2. The molecule has 5 nitrogen and oxygen atoms in total. The Balaban J connectivity index is 2.77. The molecule has 0 fully saturated rings. The van der Waals surface area contributed by atoms with Crippen molar-refractivity contribution in [2.45, 2.75) is 12.1 Å². The number of aliphatic hydroxyl groups excluding tert-OH is 2. The van der Waals surface area contributed by atoms with Crippen LogP contribution < -0.4 is 5.73 Å². The van der Waals surface area contributed by atoms with Crippen LogP contribution in [0.25, 0.3) is 0 Å². The smallest absolute Gasteiger partial charge is 0.113 e. The zero-order chi connectivity index (χ0) is 9.14. The highest BCUT2D eigenvalue weighted by Crippen LogP contribution is 2.13. The average Bonchev–Trinajstić information content (AvgIpc) is 2.48. The minimum Gasteiger partial charge on any atom is -0.395 e. The first-order valence-corrected chi connectivity index (χ1v) is 3.67. The third kappa shape index (κ3) is 1.63. The molecule has 1 rings (SSSR count). The van der Waals surface area contributed by atoms with Gasteiger partial charge in [0.2, 0.25) is 0 Å². The van der Waals surface area contributed by atoms with Gasteiger partial charge < -0.3 is 20.5 Å². The molecule has 0 radical (unpaired) electrons. The molecule has 1 heterocycles. The van der Waals surface area contributed by atoms with E-state index in [9.17, 15) is 5.11 Å². The van der Waals surface area contributed by atoms with E-state index in [0.717, 1.165) is 0 Å². The van der Waals surface area contributed by atoms with E-state index in [1.807, 2.05) is 0 Å². The van der Waals surface area contributed by atoms with Gasteiger partial charge in [-0.1, -0.05) is 0 Å². The predicted octanol–water partition coefficient (Wildman–Crippen LogP) is -1.23. The van der Waals surface area contributed by atoms with Gasteiger partial charge in [-0.05, 0) is 0 Å². The van der Waals surface area contributed by atoms with Crippen molar-refractivity contribution >= 4 is 0 Å². The van der Waals surface area contributed by atoms with E-state index in [4.69, 9.17) is 10.8 Å². The van der Waals surface area contributed by atoms with Crippen molar-refractivity contribution in [1.29, 1.82) is 0 Å². The normalized spacial score (nSPS) is 16.0. The Morgan fingerprint density at radius 2 is 2.42 bits per heavy atom. The molecule has 0 amide bonds. The highest BCUT2D eigenvalue weighted by atomic mass is 16.3. The molecule has 0 saturated heterocycles. The number of hydrogen-bond donors (Lipinski definition) is 3. The van der Waals surface area contributed by atoms with Crippen molar-refractivity contribution in [3.63, 3.8) is 0 Å². The molecule has 12 heavy (non-hydrogen) atoms. The topological polar surface area (TPSA) is 84.3 Å². The van der Waals surface area contributed by atoms with E-state index in [1.54, 1.807) is 17.9 Å². The number of nitrogens with zero attached hydrogens (tertiary/aromatic N) is 2. The van der Waals surface area contributed by atoms with E-state index in [2.05, 4.69) is 4.98 Å². The molecular formula is C7H13N3O2. The second-order valence-corrected chi connectivity index (χ2v) is 2.72. The fourth-order valence-electron chi connectivity index (χ4n) is 0.972. The molecule has 4 N–H and O–H groups in total. The van der Waals surface area contributed by atoms with Gasteiger partial charge in [0.1, 0.15) is 6.10 Å². The molecule has 2 unspecified atom stereocenters. The van der Waals surface area contributed by atoms with E-state index in [0.29, 0.717) is 5.69 Å². The molecule has 5 heteroatoms. The molecule has 0 aromatic carbocycles. The highest BCUT2D eigenvalue weighted by molar-refractivity contribution is 5.04. The lowest BCUT2D eigenvalue weighted by Gasteiger charge is -2.16. The summed E-state index contributed by atoms with van der Waals surface area (Å²) >= 11 is 0. The van der Waals surface area contributed by atoms with Crippen LogP contribution in [0.4, 0.5) is 0 Å². The minimum atomic E-state index is -0.859. The summed E-state index contributed by atoms with van der Waals surface area (Å²) in [4.78, 5) is 3.83. The fraction of sp³-hybridized carbons (Fsp3) is 0.571. The largest absolute Gasteiger partial charge is 0.395 e. The van der Waals surface area contributed by atoms with Gasteiger partial charge in [-0.2, -0.15) is 0 Å². The molecule has 0 aliphatic heterocycles.